The van der Waals surface area contributed by atoms with E-state index in [1.807, 2.05) is 12.1 Å². The third-order valence-corrected chi connectivity index (χ3v) is 3.95. The number of carbonyl (C=O) groups is 1. The largest absolute Gasteiger partial charge is 0.481 e. The van der Waals surface area contributed by atoms with Crippen molar-refractivity contribution in [3.63, 3.8) is 0 Å². The molecular weight excluding hydrogens is 291 g/mol. The van der Waals surface area contributed by atoms with Crippen molar-refractivity contribution in [2.75, 3.05) is 18.8 Å². The third-order valence-electron chi connectivity index (χ3n) is 3.24. The summed E-state index contributed by atoms with van der Waals surface area (Å²) in [5, 5.41) is 9.25. The molecule has 1 N–H and O–H groups in total. The van der Waals surface area contributed by atoms with E-state index < -0.39 is 17.4 Å². The van der Waals surface area contributed by atoms with E-state index >= 15 is 0 Å². The fraction of sp³-hybridized carbons (Fsp3) is 0.462. The van der Waals surface area contributed by atoms with E-state index in [2.05, 4.69) is 0 Å². The Hall–Kier alpha value is -1.21. The van der Waals surface area contributed by atoms with Crippen LogP contribution in [0.5, 0.6) is 0 Å². The summed E-state index contributed by atoms with van der Waals surface area (Å²) in [5.74, 6) is -1.70. The molecule has 20 heavy (non-hydrogen) atoms. The summed E-state index contributed by atoms with van der Waals surface area (Å²) in [6.45, 7) is 0.978. The van der Waals surface area contributed by atoms with Crippen LogP contribution in [0.4, 0.5) is 13.2 Å². The van der Waals surface area contributed by atoms with Crippen LogP contribution in [0.2, 0.25) is 0 Å². The Bertz CT molecular complexity index is 493. The minimum absolute atomic E-state index is 0.0709. The Morgan fingerprint density at radius 2 is 2.10 bits per heavy atom. The molecule has 1 aromatic rings. The van der Waals surface area contributed by atoms with Gasteiger partial charge in [0, 0.05) is 25.4 Å². The summed E-state index contributed by atoms with van der Waals surface area (Å²) in [7, 11) is 0. The summed E-state index contributed by atoms with van der Waals surface area (Å²) in [4.78, 5) is 13.0. The molecule has 0 bridgehead atoms. The maximum Gasteiger partial charge on any atom is 0.441 e. The van der Waals surface area contributed by atoms with Gasteiger partial charge in [0.05, 0.1) is 5.92 Å². The zero-order valence-electron chi connectivity index (χ0n) is 10.6. The molecule has 1 aromatic carbocycles. The number of carboxylic acids is 1. The predicted octanol–water partition coefficient (Wildman–Crippen LogP) is 2.92. The molecular formula is C13H14F3NO2S. The Morgan fingerprint density at radius 3 is 2.75 bits per heavy atom. The first-order valence-corrected chi connectivity index (χ1v) is 7.09. The summed E-state index contributed by atoms with van der Waals surface area (Å²) < 4.78 is 36.3. The van der Waals surface area contributed by atoms with E-state index in [1.54, 1.807) is 17.0 Å². The Kier molecular flexibility index (Phi) is 4.59. The van der Waals surface area contributed by atoms with E-state index in [4.69, 9.17) is 0 Å². The SMILES string of the molecule is O=C(O)C1CN(CCSC(F)(F)F)Cc2ccccc21. The fourth-order valence-electron chi connectivity index (χ4n) is 2.35. The number of aliphatic carboxylic acids is 1. The maximum atomic E-state index is 12.1. The van der Waals surface area contributed by atoms with Gasteiger partial charge >= 0.3 is 11.5 Å². The summed E-state index contributed by atoms with van der Waals surface area (Å²) >= 11 is -0.0709. The summed E-state index contributed by atoms with van der Waals surface area (Å²) in [6.07, 6.45) is 0. The van der Waals surface area contributed by atoms with Crippen molar-refractivity contribution in [2.24, 2.45) is 0 Å². The second kappa shape index (κ2) is 6.05. The lowest BCUT2D eigenvalue weighted by Gasteiger charge is -2.32. The van der Waals surface area contributed by atoms with Gasteiger partial charge in [0.25, 0.3) is 0 Å². The number of hydrogen-bond acceptors (Lipinski definition) is 3. The van der Waals surface area contributed by atoms with Crippen LogP contribution in [0.15, 0.2) is 24.3 Å². The number of halogens is 3. The highest BCUT2D eigenvalue weighted by Crippen LogP contribution is 2.32. The Morgan fingerprint density at radius 1 is 1.40 bits per heavy atom. The van der Waals surface area contributed by atoms with Gasteiger partial charge in [-0.25, -0.2) is 0 Å². The third kappa shape index (κ3) is 3.89. The van der Waals surface area contributed by atoms with E-state index in [0.29, 0.717) is 6.54 Å². The topological polar surface area (TPSA) is 40.5 Å². The van der Waals surface area contributed by atoms with Crippen molar-refractivity contribution in [3.8, 4) is 0 Å². The first-order valence-electron chi connectivity index (χ1n) is 6.10. The number of alkyl halides is 3. The molecule has 1 atom stereocenters. The van der Waals surface area contributed by atoms with Gasteiger partial charge in [0.2, 0.25) is 0 Å². The molecule has 1 aliphatic heterocycles. The van der Waals surface area contributed by atoms with Crippen molar-refractivity contribution >= 4 is 17.7 Å². The van der Waals surface area contributed by atoms with Gasteiger partial charge in [-0.1, -0.05) is 24.3 Å². The lowest BCUT2D eigenvalue weighted by Crippen LogP contribution is -2.38. The van der Waals surface area contributed by atoms with Crippen LogP contribution in [0.25, 0.3) is 0 Å². The van der Waals surface area contributed by atoms with Crippen LogP contribution >= 0.6 is 11.8 Å². The van der Waals surface area contributed by atoms with Gasteiger partial charge in [-0.3, -0.25) is 9.69 Å². The molecule has 2 rings (SSSR count). The molecule has 0 amide bonds. The van der Waals surface area contributed by atoms with Crippen molar-refractivity contribution < 1.29 is 23.1 Å². The first kappa shape index (κ1) is 15.2. The van der Waals surface area contributed by atoms with E-state index in [0.717, 1.165) is 11.1 Å². The molecule has 3 nitrogen and oxygen atoms in total. The van der Waals surface area contributed by atoms with Gasteiger partial charge in [-0.05, 0) is 22.9 Å². The lowest BCUT2D eigenvalue weighted by atomic mass is 9.90. The standard InChI is InChI=1S/C13H14F3NO2S/c14-13(15,16)20-6-5-17-7-9-3-1-2-4-10(9)11(8-17)12(18)19/h1-4,11H,5-8H2,(H,18,19). The molecule has 0 radical (unpaired) electrons. The van der Waals surface area contributed by atoms with Gasteiger partial charge in [-0.15, -0.1) is 0 Å². The van der Waals surface area contributed by atoms with E-state index in [-0.39, 0.29) is 30.6 Å². The smallest absolute Gasteiger partial charge is 0.441 e. The van der Waals surface area contributed by atoms with Crippen LogP contribution in [0.1, 0.15) is 17.0 Å². The van der Waals surface area contributed by atoms with E-state index in [1.165, 1.54) is 0 Å². The first-order chi connectivity index (χ1) is 9.37. The van der Waals surface area contributed by atoms with Crippen LogP contribution in [0.3, 0.4) is 0 Å². The molecule has 0 fully saturated rings. The molecule has 1 heterocycles. The second-order valence-corrected chi connectivity index (χ2v) is 5.78. The van der Waals surface area contributed by atoms with Crippen molar-refractivity contribution in [3.05, 3.63) is 35.4 Å². The average Bonchev–Trinajstić information content (AvgIpc) is 2.36. The average molecular weight is 305 g/mol. The monoisotopic (exact) mass is 305 g/mol. The maximum absolute atomic E-state index is 12.1. The number of carboxylic acid groups (broad SMARTS) is 1. The highest BCUT2D eigenvalue weighted by molar-refractivity contribution is 8.00. The molecule has 7 heteroatoms. The van der Waals surface area contributed by atoms with Crippen LogP contribution < -0.4 is 0 Å². The van der Waals surface area contributed by atoms with Gasteiger partial charge in [-0.2, -0.15) is 13.2 Å². The molecule has 1 unspecified atom stereocenters. The number of thioether (sulfide) groups is 1. The molecule has 0 aliphatic carbocycles. The predicted molar refractivity (Wildman–Crippen MR) is 70.6 cm³/mol. The van der Waals surface area contributed by atoms with Crippen molar-refractivity contribution in [2.45, 2.75) is 18.0 Å². The lowest BCUT2D eigenvalue weighted by molar-refractivity contribution is -0.139. The van der Waals surface area contributed by atoms with Crippen LogP contribution in [-0.4, -0.2) is 40.3 Å². The number of fused-ring (bicyclic) bond motifs is 1. The van der Waals surface area contributed by atoms with Crippen molar-refractivity contribution in [1.29, 1.82) is 0 Å². The summed E-state index contributed by atoms with van der Waals surface area (Å²) in [5.41, 5.74) is -2.59. The molecule has 0 saturated heterocycles. The molecule has 0 aromatic heterocycles. The Labute approximate surface area is 118 Å². The number of benzene rings is 1. The fourth-order valence-corrected chi connectivity index (χ4v) is 2.93. The van der Waals surface area contributed by atoms with E-state index in [9.17, 15) is 23.1 Å². The number of hydrogen-bond donors (Lipinski definition) is 1. The van der Waals surface area contributed by atoms with Crippen molar-refractivity contribution in [1.82, 2.24) is 4.90 Å². The van der Waals surface area contributed by atoms with Crippen LogP contribution in [0, 0.1) is 0 Å². The summed E-state index contributed by atoms with van der Waals surface area (Å²) in [6, 6.07) is 7.19. The highest BCUT2D eigenvalue weighted by Gasteiger charge is 2.31. The number of rotatable bonds is 4. The Balaban J connectivity index is 2.03. The molecule has 0 saturated carbocycles. The molecule has 0 spiro atoms. The van der Waals surface area contributed by atoms with Crippen LogP contribution in [-0.2, 0) is 11.3 Å². The minimum atomic E-state index is -4.24. The molecule has 1 aliphatic rings. The zero-order valence-corrected chi connectivity index (χ0v) is 11.4. The van der Waals surface area contributed by atoms with Gasteiger partial charge in [0.1, 0.15) is 0 Å². The molecule has 110 valence electrons. The zero-order chi connectivity index (χ0) is 14.8. The second-order valence-electron chi connectivity index (χ2n) is 4.62. The van der Waals surface area contributed by atoms with Gasteiger partial charge in [0.15, 0.2) is 0 Å². The minimum Gasteiger partial charge on any atom is -0.481 e. The normalized spacial score (nSPS) is 19.6. The quantitative estimate of drug-likeness (QED) is 0.928. The number of nitrogens with zero attached hydrogens (tertiary/aromatic N) is 1. The highest BCUT2D eigenvalue weighted by atomic mass is 32.2. The van der Waals surface area contributed by atoms with Gasteiger partial charge < -0.3 is 5.11 Å².